The highest BCUT2D eigenvalue weighted by atomic mass is 16.5. The predicted molar refractivity (Wildman–Crippen MR) is 90.8 cm³/mol. The minimum atomic E-state index is -0.742. The molecule has 2 aromatic rings. The number of aryl methyl sites for hydroxylation is 2. The van der Waals surface area contributed by atoms with E-state index >= 15 is 0 Å². The van der Waals surface area contributed by atoms with E-state index in [9.17, 15) is 9.59 Å². The molecule has 0 aliphatic carbocycles. The van der Waals surface area contributed by atoms with Crippen molar-refractivity contribution in [1.29, 1.82) is 0 Å². The van der Waals surface area contributed by atoms with Crippen LogP contribution in [0.1, 0.15) is 18.1 Å². The van der Waals surface area contributed by atoms with Crippen molar-refractivity contribution in [2.75, 3.05) is 17.7 Å². The fraction of sp³-hybridized carbons (Fsp3) is 0.222. The standard InChI is InChI=1S/C18H20N2O3/c1-4-13-6-8-14(9-7-13)19-17(21)18(22)20-15-11-12(2)5-10-16(15)23-3/h5-11H,4H2,1-3H3,(H,19,21)(H,20,22). The molecule has 0 aliphatic heterocycles. The molecule has 23 heavy (non-hydrogen) atoms. The van der Waals surface area contributed by atoms with E-state index in [0.29, 0.717) is 17.1 Å². The molecule has 5 heteroatoms. The van der Waals surface area contributed by atoms with Crippen molar-refractivity contribution in [3.63, 3.8) is 0 Å². The summed E-state index contributed by atoms with van der Waals surface area (Å²) < 4.78 is 5.18. The number of benzene rings is 2. The van der Waals surface area contributed by atoms with Gasteiger partial charge in [0.1, 0.15) is 5.75 Å². The van der Waals surface area contributed by atoms with Crippen molar-refractivity contribution in [1.82, 2.24) is 0 Å². The molecule has 0 saturated heterocycles. The van der Waals surface area contributed by atoms with Crippen molar-refractivity contribution < 1.29 is 14.3 Å². The molecular weight excluding hydrogens is 292 g/mol. The second-order valence-corrected chi connectivity index (χ2v) is 5.16. The van der Waals surface area contributed by atoms with Gasteiger partial charge >= 0.3 is 11.8 Å². The van der Waals surface area contributed by atoms with Crippen molar-refractivity contribution >= 4 is 23.2 Å². The number of carbonyl (C=O) groups is 2. The predicted octanol–water partition coefficient (Wildman–Crippen LogP) is 3.14. The van der Waals surface area contributed by atoms with Crippen LogP contribution >= 0.6 is 0 Å². The first-order valence-corrected chi connectivity index (χ1v) is 7.39. The summed E-state index contributed by atoms with van der Waals surface area (Å²) in [6, 6.07) is 12.7. The highest BCUT2D eigenvalue weighted by Crippen LogP contribution is 2.25. The summed E-state index contributed by atoms with van der Waals surface area (Å²) in [4.78, 5) is 24.0. The van der Waals surface area contributed by atoms with Gasteiger partial charge in [-0.25, -0.2) is 0 Å². The first-order valence-electron chi connectivity index (χ1n) is 7.39. The van der Waals surface area contributed by atoms with Crippen LogP contribution in [0.3, 0.4) is 0 Å². The minimum absolute atomic E-state index is 0.467. The van der Waals surface area contributed by atoms with E-state index < -0.39 is 11.8 Å². The maximum atomic E-state index is 12.0. The average molecular weight is 312 g/mol. The average Bonchev–Trinajstić information content (AvgIpc) is 2.55. The number of nitrogens with one attached hydrogen (secondary N) is 2. The minimum Gasteiger partial charge on any atom is -0.495 e. The summed E-state index contributed by atoms with van der Waals surface area (Å²) in [5.74, 6) is -0.963. The number of amides is 2. The lowest BCUT2D eigenvalue weighted by Crippen LogP contribution is -2.29. The zero-order valence-corrected chi connectivity index (χ0v) is 13.5. The number of anilines is 2. The van der Waals surface area contributed by atoms with E-state index in [-0.39, 0.29) is 0 Å². The quantitative estimate of drug-likeness (QED) is 0.852. The first-order chi connectivity index (χ1) is 11.0. The van der Waals surface area contributed by atoms with E-state index in [1.165, 1.54) is 7.11 Å². The van der Waals surface area contributed by atoms with E-state index in [4.69, 9.17) is 4.74 Å². The molecular formula is C18H20N2O3. The lowest BCUT2D eigenvalue weighted by molar-refractivity contribution is -0.133. The number of hydrogen-bond acceptors (Lipinski definition) is 3. The smallest absolute Gasteiger partial charge is 0.314 e. The summed E-state index contributed by atoms with van der Waals surface area (Å²) >= 11 is 0. The summed E-state index contributed by atoms with van der Waals surface area (Å²) in [5, 5.41) is 5.14. The Kier molecular flexibility index (Phi) is 5.36. The van der Waals surface area contributed by atoms with Crippen molar-refractivity contribution in [2.24, 2.45) is 0 Å². The largest absolute Gasteiger partial charge is 0.495 e. The van der Waals surface area contributed by atoms with Crippen LogP contribution in [0.4, 0.5) is 11.4 Å². The van der Waals surface area contributed by atoms with Crippen molar-refractivity contribution in [3.8, 4) is 5.75 Å². The van der Waals surface area contributed by atoms with Gasteiger partial charge in [-0.3, -0.25) is 9.59 Å². The van der Waals surface area contributed by atoms with Gasteiger partial charge in [0.25, 0.3) is 0 Å². The number of carbonyl (C=O) groups excluding carboxylic acids is 2. The van der Waals surface area contributed by atoms with Gasteiger partial charge in [-0.05, 0) is 48.7 Å². The Labute approximate surface area is 135 Å². The van der Waals surface area contributed by atoms with E-state index in [0.717, 1.165) is 17.5 Å². The number of rotatable bonds is 4. The Balaban J connectivity index is 2.05. The monoisotopic (exact) mass is 312 g/mol. The SMILES string of the molecule is CCc1ccc(NC(=O)C(=O)Nc2cc(C)ccc2OC)cc1. The van der Waals surface area contributed by atoms with Gasteiger partial charge in [0, 0.05) is 5.69 Å². The fourth-order valence-corrected chi connectivity index (χ4v) is 2.11. The Bertz CT molecular complexity index is 709. The van der Waals surface area contributed by atoms with Gasteiger partial charge in [-0.2, -0.15) is 0 Å². The third-order valence-corrected chi connectivity index (χ3v) is 3.43. The number of hydrogen-bond donors (Lipinski definition) is 2. The van der Waals surface area contributed by atoms with Crippen LogP contribution in [0.25, 0.3) is 0 Å². The molecule has 120 valence electrons. The van der Waals surface area contributed by atoms with Crippen molar-refractivity contribution in [3.05, 3.63) is 53.6 Å². The van der Waals surface area contributed by atoms with Gasteiger partial charge in [-0.1, -0.05) is 25.1 Å². The highest BCUT2D eigenvalue weighted by Gasteiger charge is 2.16. The summed E-state index contributed by atoms with van der Waals surface area (Å²) in [6.45, 7) is 3.95. The van der Waals surface area contributed by atoms with Crippen LogP contribution in [-0.4, -0.2) is 18.9 Å². The number of ether oxygens (including phenoxy) is 1. The Morgan fingerprint density at radius 3 is 2.26 bits per heavy atom. The zero-order valence-electron chi connectivity index (χ0n) is 13.5. The lowest BCUT2D eigenvalue weighted by atomic mass is 10.1. The van der Waals surface area contributed by atoms with Crippen molar-refractivity contribution in [2.45, 2.75) is 20.3 Å². The third-order valence-electron chi connectivity index (χ3n) is 3.43. The van der Waals surface area contributed by atoms with Crippen LogP contribution in [0, 0.1) is 6.92 Å². The molecule has 0 spiro atoms. The Hall–Kier alpha value is -2.82. The molecule has 5 nitrogen and oxygen atoms in total. The van der Waals surface area contributed by atoms with Gasteiger partial charge < -0.3 is 15.4 Å². The summed E-state index contributed by atoms with van der Waals surface area (Å²) in [7, 11) is 1.51. The molecule has 0 radical (unpaired) electrons. The van der Waals surface area contributed by atoms with E-state index in [1.54, 1.807) is 24.3 Å². The fourth-order valence-electron chi connectivity index (χ4n) is 2.11. The molecule has 2 aromatic carbocycles. The number of methoxy groups -OCH3 is 1. The molecule has 0 heterocycles. The van der Waals surface area contributed by atoms with Gasteiger partial charge in [0.2, 0.25) is 0 Å². The normalized spacial score (nSPS) is 10.0. The van der Waals surface area contributed by atoms with Gasteiger partial charge in [0.05, 0.1) is 12.8 Å². The molecule has 2 rings (SSSR count). The third kappa shape index (κ3) is 4.32. The second-order valence-electron chi connectivity index (χ2n) is 5.16. The topological polar surface area (TPSA) is 67.4 Å². The molecule has 0 aliphatic rings. The summed E-state index contributed by atoms with van der Waals surface area (Å²) in [5.41, 5.74) is 3.17. The molecule has 0 bridgehead atoms. The lowest BCUT2D eigenvalue weighted by Gasteiger charge is -2.11. The summed E-state index contributed by atoms with van der Waals surface area (Å²) in [6.07, 6.45) is 0.919. The molecule has 0 unspecified atom stereocenters. The van der Waals surface area contributed by atoms with Crippen LogP contribution in [0.5, 0.6) is 5.75 Å². The van der Waals surface area contributed by atoms with Crippen LogP contribution in [0.2, 0.25) is 0 Å². The first kappa shape index (κ1) is 16.5. The van der Waals surface area contributed by atoms with Crippen LogP contribution < -0.4 is 15.4 Å². The molecule has 2 amide bonds. The Morgan fingerprint density at radius 2 is 1.65 bits per heavy atom. The van der Waals surface area contributed by atoms with Crippen LogP contribution in [0.15, 0.2) is 42.5 Å². The van der Waals surface area contributed by atoms with E-state index in [1.807, 2.05) is 25.1 Å². The van der Waals surface area contributed by atoms with Gasteiger partial charge in [0.15, 0.2) is 0 Å². The maximum Gasteiger partial charge on any atom is 0.314 e. The Morgan fingerprint density at radius 1 is 1.00 bits per heavy atom. The maximum absolute atomic E-state index is 12.0. The van der Waals surface area contributed by atoms with Gasteiger partial charge in [-0.15, -0.1) is 0 Å². The molecule has 0 saturated carbocycles. The molecule has 0 fully saturated rings. The molecule has 0 atom stereocenters. The second kappa shape index (κ2) is 7.45. The highest BCUT2D eigenvalue weighted by molar-refractivity contribution is 6.43. The van der Waals surface area contributed by atoms with Crippen LogP contribution in [-0.2, 0) is 16.0 Å². The molecule has 2 N–H and O–H groups in total. The zero-order chi connectivity index (χ0) is 16.8. The molecule has 0 aromatic heterocycles. The van der Waals surface area contributed by atoms with E-state index in [2.05, 4.69) is 17.6 Å².